The van der Waals surface area contributed by atoms with Crippen LogP contribution in [0.5, 0.6) is 0 Å². The Kier molecular flexibility index (Phi) is 5.45. The van der Waals surface area contributed by atoms with Gasteiger partial charge in [0.15, 0.2) is 5.96 Å². The number of ether oxygens (including phenoxy) is 1. The van der Waals surface area contributed by atoms with Crippen LogP contribution in [0.4, 0.5) is 0 Å². The number of halogens is 1. The molecule has 5 heteroatoms. The number of guanidine groups is 1. The van der Waals surface area contributed by atoms with Gasteiger partial charge in [-0.25, -0.2) is 0 Å². The van der Waals surface area contributed by atoms with Gasteiger partial charge in [0.1, 0.15) is 0 Å². The molecule has 1 heterocycles. The van der Waals surface area contributed by atoms with Gasteiger partial charge in [-0.3, -0.25) is 4.99 Å². The van der Waals surface area contributed by atoms with Gasteiger partial charge in [0.2, 0.25) is 0 Å². The van der Waals surface area contributed by atoms with Crippen LogP contribution in [-0.2, 0) is 10.2 Å². The second-order valence-corrected chi connectivity index (χ2v) is 8.88. The molecule has 4 fully saturated rings. The summed E-state index contributed by atoms with van der Waals surface area (Å²) in [5.41, 5.74) is 2.14. The molecule has 0 aromatic heterocycles. The van der Waals surface area contributed by atoms with Crippen LogP contribution < -0.4 is 10.6 Å². The molecule has 4 aliphatic rings. The summed E-state index contributed by atoms with van der Waals surface area (Å²) in [6.07, 6.45) is 9.59. The molecule has 27 heavy (non-hydrogen) atoms. The van der Waals surface area contributed by atoms with Gasteiger partial charge in [-0.05, 0) is 37.7 Å². The lowest BCUT2D eigenvalue weighted by atomic mass is 9.54. The fourth-order valence-corrected chi connectivity index (χ4v) is 6.01. The molecule has 0 radical (unpaired) electrons. The number of fused-ring (bicyclic) bond motifs is 2. The Bertz CT molecular complexity index is 682. The fourth-order valence-electron chi connectivity index (χ4n) is 6.01. The zero-order valence-corrected chi connectivity index (χ0v) is 18.6. The summed E-state index contributed by atoms with van der Waals surface area (Å²) in [5, 5.41) is 7.47. The minimum atomic E-state index is 0. The van der Waals surface area contributed by atoms with Crippen molar-refractivity contribution in [3.63, 3.8) is 0 Å². The Morgan fingerprint density at radius 2 is 1.89 bits per heavy atom. The van der Waals surface area contributed by atoms with E-state index in [-0.39, 0.29) is 24.0 Å². The number of rotatable bonds is 4. The van der Waals surface area contributed by atoms with Crippen LogP contribution >= 0.6 is 24.0 Å². The number of benzene rings is 1. The Hall–Kier alpha value is -0.820. The maximum atomic E-state index is 6.12. The number of nitrogens with zero attached hydrogens (tertiary/aromatic N) is 1. The highest BCUT2D eigenvalue weighted by molar-refractivity contribution is 14.0. The van der Waals surface area contributed by atoms with Crippen molar-refractivity contribution < 1.29 is 4.74 Å². The third-order valence-electron chi connectivity index (χ3n) is 7.64. The van der Waals surface area contributed by atoms with Crippen molar-refractivity contribution >= 4 is 29.9 Å². The molecule has 3 unspecified atom stereocenters. The first-order valence-corrected chi connectivity index (χ1v) is 10.4. The first kappa shape index (κ1) is 19.5. The fraction of sp³-hybridized carbons (Fsp3) is 0.682. The minimum absolute atomic E-state index is 0. The normalized spacial score (nSPS) is 32.3. The summed E-state index contributed by atoms with van der Waals surface area (Å²) < 4.78 is 6.12. The van der Waals surface area contributed by atoms with E-state index < -0.39 is 0 Å². The zero-order chi connectivity index (χ0) is 17.6. The predicted octanol–water partition coefficient (Wildman–Crippen LogP) is 3.85. The summed E-state index contributed by atoms with van der Waals surface area (Å²) in [6, 6.07) is 11.5. The van der Waals surface area contributed by atoms with Crippen molar-refractivity contribution in [1.29, 1.82) is 0 Å². The largest absolute Gasteiger partial charge is 0.377 e. The number of nitrogens with one attached hydrogen (secondary N) is 2. The molecule has 1 spiro atoms. The molecular weight excluding hydrogens is 449 g/mol. The number of hydrogen-bond acceptors (Lipinski definition) is 2. The van der Waals surface area contributed by atoms with Crippen molar-refractivity contribution in [3.8, 4) is 0 Å². The molecule has 3 aliphatic carbocycles. The first-order valence-electron chi connectivity index (χ1n) is 10.4. The monoisotopic (exact) mass is 481 g/mol. The number of hydrogen-bond donors (Lipinski definition) is 2. The molecule has 1 saturated heterocycles. The van der Waals surface area contributed by atoms with Crippen LogP contribution in [0.15, 0.2) is 35.3 Å². The van der Waals surface area contributed by atoms with E-state index in [0.717, 1.165) is 19.1 Å². The summed E-state index contributed by atoms with van der Waals surface area (Å²) in [6.45, 7) is 1.92. The Balaban J connectivity index is 0.00000180. The van der Waals surface area contributed by atoms with Crippen molar-refractivity contribution in [3.05, 3.63) is 35.9 Å². The zero-order valence-electron chi connectivity index (χ0n) is 16.2. The lowest BCUT2D eigenvalue weighted by Crippen LogP contribution is -2.69. The molecule has 3 atom stereocenters. The SMILES string of the molecule is CN=C(NCC1(c2ccccc2)CC1)NC1C2CCOC2C12CCCC2.I. The second-order valence-electron chi connectivity index (χ2n) is 8.88. The van der Waals surface area contributed by atoms with Crippen LogP contribution in [0.25, 0.3) is 0 Å². The van der Waals surface area contributed by atoms with Crippen LogP contribution in [0.2, 0.25) is 0 Å². The van der Waals surface area contributed by atoms with Gasteiger partial charge < -0.3 is 15.4 Å². The third kappa shape index (κ3) is 3.18. The molecular formula is C22H32IN3O. The Morgan fingerprint density at radius 3 is 2.56 bits per heavy atom. The topological polar surface area (TPSA) is 45.7 Å². The molecule has 3 saturated carbocycles. The van der Waals surface area contributed by atoms with Gasteiger partial charge in [0, 0.05) is 43.0 Å². The van der Waals surface area contributed by atoms with Crippen molar-refractivity contribution in [2.24, 2.45) is 16.3 Å². The van der Waals surface area contributed by atoms with Crippen LogP contribution in [-0.4, -0.2) is 38.3 Å². The van der Waals surface area contributed by atoms with Crippen molar-refractivity contribution in [2.45, 2.75) is 62.5 Å². The Morgan fingerprint density at radius 1 is 1.15 bits per heavy atom. The van der Waals surface area contributed by atoms with Crippen molar-refractivity contribution in [1.82, 2.24) is 10.6 Å². The molecule has 1 aromatic rings. The molecule has 0 amide bonds. The second kappa shape index (κ2) is 7.54. The van der Waals surface area contributed by atoms with E-state index in [1.165, 1.54) is 50.5 Å². The third-order valence-corrected chi connectivity index (χ3v) is 7.64. The van der Waals surface area contributed by atoms with Gasteiger partial charge >= 0.3 is 0 Å². The van der Waals surface area contributed by atoms with E-state index in [0.29, 0.717) is 28.9 Å². The smallest absolute Gasteiger partial charge is 0.191 e. The highest BCUT2D eigenvalue weighted by atomic mass is 127. The Labute approximate surface area is 179 Å². The summed E-state index contributed by atoms with van der Waals surface area (Å²) in [7, 11) is 1.90. The quantitative estimate of drug-likeness (QED) is 0.390. The van der Waals surface area contributed by atoms with Gasteiger partial charge in [0.25, 0.3) is 0 Å². The van der Waals surface area contributed by atoms with E-state index in [9.17, 15) is 0 Å². The van der Waals surface area contributed by atoms with Gasteiger partial charge in [-0.1, -0.05) is 43.2 Å². The van der Waals surface area contributed by atoms with E-state index in [1.807, 2.05) is 7.05 Å². The summed E-state index contributed by atoms with van der Waals surface area (Å²) >= 11 is 0. The lowest BCUT2D eigenvalue weighted by molar-refractivity contribution is -0.125. The highest BCUT2D eigenvalue weighted by Gasteiger charge is 2.65. The highest BCUT2D eigenvalue weighted by Crippen LogP contribution is 2.60. The first-order chi connectivity index (χ1) is 12.8. The van der Waals surface area contributed by atoms with Gasteiger partial charge in [-0.2, -0.15) is 0 Å². The van der Waals surface area contributed by atoms with E-state index in [2.05, 4.69) is 46.0 Å². The molecule has 5 rings (SSSR count). The molecule has 0 bridgehead atoms. The van der Waals surface area contributed by atoms with E-state index >= 15 is 0 Å². The average molecular weight is 481 g/mol. The molecule has 148 valence electrons. The van der Waals surface area contributed by atoms with E-state index in [4.69, 9.17) is 4.74 Å². The van der Waals surface area contributed by atoms with E-state index in [1.54, 1.807) is 0 Å². The van der Waals surface area contributed by atoms with Gasteiger partial charge in [0.05, 0.1) is 6.10 Å². The van der Waals surface area contributed by atoms with Crippen LogP contribution in [0.3, 0.4) is 0 Å². The predicted molar refractivity (Wildman–Crippen MR) is 120 cm³/mol. The van der Waals surface area contributed by atoms with Crippen molar-refractivity contribution in [2.75, 3.05) is 20.2 Å². The van der Waals surface area contributed by atoms with Gasteiger partial charge in [-0.15, -0.1) is 24.0 Å². The molecule has 2 N–H and O–H groups in total. The van der Waals surface area contributed by atoms with Crippen LogP contribution in [0.1, 0.15) is 50.5 Å². The standard InChI is InChI=1S/C22H31N3O.HI/c1-23-20(24-15-21(12-13-21)16-7-3-2-4-8-16)25-18-17-9-14-26-19(17)22(18)10-5-6-11-22;/h2-4,7-8,17-19H,5-6,9-15H2,1H3,(H2,23,24,25);1H. The molecule has 4 nitrogen and oxygen atoms in total. The lowest BCUT2D eigenvalue weighted by Gasteiger charge is -2.57. The summed E-state index contributed by atoms with van der Waals surface area (Å²) in [4.78, 5) is 4.56. The number of aliphatic imine (C=N–C) groups is 1. The maximum absolute atomic E-state index is 6.12. The minimum Gasteiger partial charge on any atom is -0.377 e. The average Bonchev–Trinajstić information content (AvgIpc) is 3.09. The summed E-state index contributed by atoms with van der Waals surface area (Å²) in [5.74, 6) is 1.66. The van der Waals surface area contributed by atoms with Crippen LogP contribution in [0, 0.1) is 11.3 Å². The maximum Gasteiger partial charge on any atom is 0.191 e. The molecule has 1 aliphatic heterocycles. The molecule has 1 aromatic carbocycles.